The topological polar surface area (TPSA) is 58.1 Å². The van der Waals surface area contributed by atoms with E-state index in [0.717, 1.165) is 19.5 Å². The summed E-state index contributed by atoms with van der Waals surface area (Å²) in [4.78, 5) is 23.1. The maximum absolute atomic E-state index is 12.9. The van der Waals surface area contributed by atoms with E-state index in [0.29, 0.717) is 24.0 Å². The molecule has 1 saturated heterocycles. The summed E-state index contributed by atoms with van der Waals surface area (Å²) < 4.78 is 0. The summed E-state index contributed by atoms with van der Waals surface area (Å²) in [5.41, 5.74) is 5.99. The van der Waals surface area contributed by atoms with Crippen molar-refractivity contribution in [2.75, 3.05) is 13.1 Å². The number of hydrogen-bond acceptors (Lipinski definition) is 4. The Labute approximate surface area is 148 Å². The molecule has 0 aliphatic carbocycles. The molecule has 2 aliphatic rings. The van der Waals surface area contributed by atoms with Gasteiger partial charge in [0.05, 0.1) is 5.56 Å². The fourth-order valence-corrected chi connectivity index (χ4v) is 3.98. The van der Waals surface area contributed by atoms with E-state index >= 15 is 0 Å². The highest BCUT2D eigenvalue weighted by molar-refractivity contribution is 5.93. The monoisotopic (exact) mass is 336 g/mol. The molecule has 3 heterocycles. The molecule has 1 N–H and O–H groups in total. The molecule has 1 atom stereocenters. The fraction of sp³-hybridized carbons (Fsp3) is 0.450. The number of aryl methyl sites for hydroxylation is 2. The zero-order chi connectivity index (χ0) is 17.4. The quantitative estimate of drug-likeness (QED) is 0.916. The van der Waals surface area contributed by atoms with Gasteiger partial charge in [-0.1, -0.05) is 17.7 Å². The molecule has 1 fully saturated rings. The SMILES string of the molecule is Cc1cc2c(c([C@@H]3CCCN3)c1)CN(C(=O)c1cnc(C)nc1)CC2. The van der Waals surface area contributed by atoms with Gasteiger partial charge in [-0.25, -0.2) is 9.97 Å². The Morgan fingerprint density at radius 2 is 2.04 bits per heavy atom. The molecule has 25 heavy (non-hydrogen) atoms. The van der Waals surface area contributed by atoms with Crippen LogP contribution in [-0.2, 0) is 13.0 Å². The Kier molecular flexibility index (Phi) is 4.25. The predicted molar refractivity (Wildman–Crippen MR) is 96.4 cm³/mol. The molecule has 2 aliphatic heterocycles. The number of amides is 1. The molecule has 1 aromatic carbocycles. The van der Waals surface area contributed by atoms with Gasteiger partial charge in [-0.05, 0) is 56.3 Å². The van der Waals surface area contributed by atoms with Crippen molar-refractivity contribution in [3.63, 3.8) is 0 Å². The van der Waals surface area contributed by atoms with Crippen molar-refractivity contribution >= 4 is 5.91 Å². The minimum absolute atomic E-state index is 0.0246. The molecular formula is C20H24N4O. The first kappa shape index (κ1) is 16.2. The lowest BCUT2D eigenvalue weighted by molar-refractivity contribution is 0.0733. The van der Waals surface area contributed by atoms with Crippen molar-refractivity contribution < 1.29 is 4.79 Å². The van der Waals surface area contributed by atoms with Crippen LogP contribution in [0.3, 0.4) is 0 Å². The van der Waals surface area contributed by atoms with E-state index in [9.17, 15) is 4.79 Å². The molecule has 0 unspecified atom stereocenters. The normalized spacial score (nSPS) is 19.8. The minimum Gasteiger partial charge on any atom is -0.334 e. The Balaban J connectivity index is 1.63. The first-order valence-corrected chi connectivity index (χ1v) is 9.05. The standard InChI is InChI=1S/C20H24N4O/c1-13-8-15-5-7-24(20(25)16-10-22-14(2)23-11-16)12-18(15)17(9-13)19-4-3-6-21-19/h8-11,19,21H,3-7,12H2,1-2H3/t19-/m0/s1. The zero-order valence-corrected chi connectivity index (χ0v) is 14.9. The minimum atomic E-state index is 0.0246. The first-order valence-electron chi connectivity index (χ1n) is 9.05. The van der Waals surface area contributed by atoms with Crippen LogP contribution in [0.1, 0.15) is 57.3 Å². The third-order valence-electron chi connectivity index (χ3n) is 5.27. The third-order valence-corrected chi connectivity index (χ3v) is 5.27. The second kappa shape index (κ2) is 6.56. The van der Waals surface area contributed by atoms with E-state index < -0.39 is 0 Å². The molecule has 5 nitrogen and oxygen atoms in total. The Hall–Kier alpha value is -2.27. The molecule has 5 heteroatoms. The smallest absolute Gasteiger partial charge is 0.257 e. The van der Waals surface area contributed by atoms with Crippen molar-refractivity contribution in [3.05, 3.63) is 58.2 Å². The molecule has 0 bridgehead atoms. The van der Waals surface area contributed by atoms with Crippen LogP contribution in [0.25, 0.3) is 0 Å². The van der Waals surface area contributed by atoms with Crippen molar-refractivity contribution in [2.24, 2.45) is 0 Å². The van der Waals surface area contributed by atoms with Gasteiger partial charge in [0.1, 0.15) is 5.82 Å². The summed E-state index contributed by atoms with van der Waals surface area (Å²) in [6.07, 6.45) is 6.57. The Morgan fingerprint density at radius 1 is 1.24 bits per heavy atom. The van der Waals surface area contributed by atoms with Crippen LogP contribution < -0.4 is 5.32 Å². The molecule has 0 spiro atoms. The third kappa shape index (κ3) is 3.16. The van der Waals surface area contributed by atoms with Gasteiger partial charge in [0.2, 0.25) is 0 Å². The Bertz CT molecular complexity index is 794. The van der Waals surface area contributed by atoms with Gasteiger partial charge in [0.15, 0.2) is 0 Å². The number of carbonyl (C=O) groups excluding carboxylic acids is 1. The summed E-state index contributed by atoms with van der Waals surface area (Å²) in [6.45, 7) is 6.50. The second-order valence-electron chi connectivity index (χ2n) is 7.14. The van der Waals surface area contributed by atoms with Gasteiger partial charge in [-0.2, -0.15) is 0 Å². The summed E-state index contributed by atoms with van der Waals surface area (Å²) in [7, 11) is 0. The summed E-state index contributed by atoms with van der Waals surface area (Å²) >= 11 is 0. The molecule has 0 saturated carbocycles. The molecule has 0 radical (unpaired) electrons. The highest BCUT2D eigenvalue weighted by Crippen LogP contribution is 2.32. The van der Waals surface area contributed by atoms with Gasteiger partial charge in [0, 0.05) is 31.5 Å². The van der Waals surface area contributed by atoms with Crippen LogP contribution in [0.15, 0.2) is 24.5 Å². The summed E-state index contributed by atoms with van der Waals surface area (Å²) in [5, 5.41) is 3.61. The maximum atomic E-state index is 12.9. The second-order valence-corrected chi connectivity index (χ2v) is 7.14. The van der Waals surface area contributed by atoms with Crippen molar-refractivity contribution in [1.29, 1.82) is 0 Å². The maximum Gasteiger partial charge on any atom is 0.257 e. The summed E-state index contributed by atoms with van der Waals surface area (Å²) in [6, 6.07) is 5.00. The van der Waals surface area contributed by atoms with Gasteiger partial charge in [0.25, 0.3) is 5.91 Å². The number of fused-ring (bicyclic) bond motifs is 1. The van der Waals surface area contributed by atoms with Crippen molar-refractivity contribution in [2.45, 2.75) is 45.7 Å². The lowest BCUT2D eigenvalue weighted by Gasteiger charge is -2.32. The molecule has 130 valence electrons. The molecule has 1 aromatic heterocycles. The number of aromatic nitrogens is 2. The lowest BCUT2D eigenvalue weighted by atomic mass is 9.88. The highest BCUT2D eigenvalue weighted by Gasteiger charge is 2.27. The average molecular weight is 336 g/mol. The highest BCUT2D eigenvalue weighted by atomic mass is 16.2. The van der Waals surface area contributed by atoms with Gasteiger partial charge >= 0.3 is 0 Å². The van der Waals surface area contributed by atoms with Crippen LogP contribution in [0.5, 0.6) is 0 Å². The van der Waals surface area contributed by atoms with Crippen LogP contribution in [-0.4, -0.2) is 33.9 Å². The molecule has 4 rings (SSSR count). The number of rotatable bonds is 2. The first-order chi connectivity index (χ1) is 12.1. The number of nitrogens with one attached hydrogen (secondary N) is 1. The van der Waals surface area contributed by atoms with E-state index in [1.54, 1.807) is 12.4 Å². The van der Waals surface area contributed by atoms with Crippen molar-refractivity contribution in [1.82, 2.24) is 20.2 Å². The predicted octanol–water partition coefficient (Wildman–Crippen LogP) is 2.72. The lowest BCUT2D eigenvalue weighted by Crippen LogP contribution is -2.37. The van der Waals surface area contributed by atoms with E-state index in [1.807, 2.05) is 11.8 Å². The Morgan fingerprint density at radius 3 is 2.76 bits per heavy atom. The fourth-order valence-electron chi connectivity index (χ4n) is 3.98. The van der Waals surface area contributed by atoms with E-state index in [1.165, 1.54) is 35.1 Å². The largest absolute Gasteiger partial charge is 0.334 e. The van der Waals surface area contributed by atoms with E-state index in [2.05, 4.69) is 34.3 Å². The van der Waals surface area contributed by atoms with Crippen LogP contribution in [0.4, 0.5) is 0 Å². The number of benzene rings is 1. The summed E-state index contributed by atoms with van der Waals surface area (Å²) in [5.74, 6) is 0.710. The molecule has 2 aromatic rings. The van der Waals surface area contributed by atoms with Crippen LogP contribution in [0, 0.1) is 13.8 Å². The number of nitrogens with zero attached hydrogens (tertiary/aromatic N) is 3. The number of hydrogen-bond donors (Lipinski definition) is 1. The van der Waals surface area contributed by atoms with E-state index in [4.69, 9.17) is 0 Å². The van der Waals surface area contributed by atoms with Crippen molar-refractivity contribution in [3.8, 4) is 0 Å². The number of carbonyl (C=O) groups is 1. The van der Waals surface area contributed by atoms with Gasteiger partial charge < -0.3 is 10.2 Å². The van der Waals surface area contributed by atoms with Crippen LogP contribution >= 0.6 is 0 Å². The van der Waals surface area contributed by atoms with Gasteiger partial charge in [-0.3, -0.25) is 4.79 Å². The van der Waals surface area contributed by atoms with Crippen LogP contribution in [0.2, 0.25) is 0 Å². The molecular weight excluding hydrogens is 312 g/mol. The molecule has 1 amide bonds. The average Bonchev–Trinajstić information content (AvgIpc) is 3.15. The van der Waals surface area contributed by atoms with Gasteiger partial charge in [-0.15, -0.1) is 0 Å². The zero-order valence-electron chi connectivity index (χ0n) is 14.9. The van der Waals surface area contributed by atoms with E-state index in [-0.39, 0.29) is 5.91 Å².